The van der Waals surface area contributed by atoms with Gasteiger partial charge >= 0.3 is 0 Å². The van der Waals surface area contributed by atoms with Crippen molar-refractivity contribution in [2.75, 3.05) is 60.1 Å². The summed E-state index contributed by atoms with van der Waals surface area (Å²) in [6.07, 6.45) is 0. The zero-order valence-electron chi connectivity index (χ0n) is 47.2. The molecule has 0 spiro atoms. The first-order chi connectivity index (χ1) is 44.5. The molecule has 35 nitrogen and oxygen atoms in total. The molecular weight excluding hydrogens is 1420 g/mol. The monoisotopic (exact) mass is 1460 g/mol. The Morgan fingerprint density at radius 3 is 1.29 bits per heavy atom. The number of aromatic hydroxyl groups is 2. The number of azo groups is 2. The highest BCUT2D eigenvalue weighted by atomic mass is 35.5. The summed E-state index contributed by atoms with van der Waals surface area (Å²) in [5, 5.41) is 45.2. The van der Waals surface area contributed by atoms with Gasteiger partial charge in [-0.05, 0) is 93.3 Å². The van der Waals surface area contributed by atoms with E-state index in [0.29, 0.717) is 42.5 Å². The van der Waals surface area contributed by atoms with Gasteiger partial charge in [-0.2, -0.15) is 80.4 Å². The van der Waals surface area contributed by atoms with Crippen LogP contribution in [0.5, 0.6) is 11.5 Å². The molecule has 8 aromatic carbocycles. The van der Waals surface area contributed by atoms with E-state index in [1.807, 2.05) is 4.90 Å². The minimum atomic E-state index is -5.39. The lowest BCUT2D eigenvalue weighted by Crippen LogP contribution is -2.48. The molecule has 10 aromatic rings. The minimum Gasteiger partial charge on any atom is -0.505 e. The van der Waals surface area contributed by atoms with Gasteiger partial charge in [0, 0.05) is 60.8 Å². The zero-order valence-corrected chi connectivity index (χ0v) is 53.6. The predicted octanol–water partition coefficient (Wildman–Crippen LogP) is 8.42. The molecule has 95 heavy (non-hydrogen) atoms. The molecular formula is C52H41Cl2N15O20S6. The van der Waals surface area contributed by atoms with Gasteiger partial charge in [0.1, 0.15) is 42.3 Å². The Morgan fingerprint density at radius 2 is 0.863 bits per heavy atom. The molecule has 43 heteroatoms. The van der Waals surface area contributed by atoms with Gasteiger partial charge in [-0.3, -0.25) is 32.2 Å². The van der Waals surface area contributed by atoms with Crippen LogP contribution in [0.3, 0.4) is 0 Å². The van der Waals surface area contributed by atoms with Crippen LogP contribution in [0.4, 0.5) is 57.9 Å². The van der Waals surface area contributed by atoms with Gasteiger partial charge in [-0.25, -0.2) is 0 Å². The third-order valence-corrected chi connectivity index (χ3v) is 19.8. The molecule has 1 fully saturated rings. The summed E-state index contributed by atoms with van der Waals surface area (Å²) in [6, 6.07) is 21.3. The lowest BCUT2D eigenvalue weighted by molar-refractivity contribution is 0.266. The van der Waals surface area contributed by atoms with Crippen LogP contribution in [0.15, 0.2) is 159 Å². The Kier molecular flexibility index (Phi) is 17.8. The number of hydrogen-bond donors (Lipinski definition) is 11. The number of nitrogens with zero attached hydrogens (tertiary/aromatic N) is 12. The van der Waals surface area contributed by atoms with E-state index in [4.69, 9.17) is 23.2 Å². The number of anilines is 6. The molecule has 0 aliphatic carbocycles. The number of nitrogens with one attached hydrogen (secondary N) is 3. The van der Waals surface area contributed by atoms with Crippen LogP contribution >= 0.6 is 23.2 Å². The highest BCUT2D eigenvalue weighted by Crippen LogP contribution is 2.49. The van der Waals surface area contributed by atoms with Crippen molar-refractivity contribution in [2.45, 2.75) is 29.4 Å². The van der Waals surface area contributed by atoms with Crippen LogP contribution < -0.4 is 20.9 Å². The molecule has 0 saturated carbocycles. The van der Waals surface area contributed by atoms with E-state index in [1.54, 1.807) is 17.0 Å². The number of fused-ring (bicyclic) bond motifs is 4. The fraction of sp³-hybridized carbons (Fsp3) is 0.115. The molecule has 3 heterocycles. The van der Waals surface area contributed by atoms with Gasteiger partial charge in [0.05, 0.1) is 21.2 Å². The molecule has 1 aliphatic heterocycles. The van der Waals surface area contributed by atoms with Crippen molar-refractivity contribution >= 4 is 185 Å². The smallest absolute Gasteiger partial charge is 0.297 e. The molecule has 1 saturated heterocycles. The minimum absolute atomic E-state index is 0.0133. The second-order valence-electron chi connectivity index (χ2n) is 20.3. The van der Waals surface area contributed by atoms with Crippen molar-refractivity contribution in [1.29, 1.82) is 0 Å². The van der Waals surface area contributed by atoms with Gasteiger partial charge in [0.2, 0.25) is 34.4 Å². The van der Waals surface area contributed by atoms with Crippen LogP contribution in [-0.4, -0.2) is 162 Å². The topological polar surface area (TPSA) is 536 Å². The Hall–Kier alpha value is -9.18. The maximum atomic E-state index is 12.8. The summed E-state index contributed by atoms with van der Waals surface area (Å²) in [6.45, 7) is 1.52. The van der Waals surface area contributed by atoms with E-state index in [2.05, 4.69) is 66.3 Å². The Bertz CT molecular complexity index is 5700. The first-order valence-electron chi connectivity index (χ1n) is 26.5. The van der Waals surface area contributed by atoms with E-state index >= 15 is 0 Å². The predicted molar refractivity (Wildman–Crippen MR) is 340 cm³/mol. The van der Waals surface area contributed by atoms with Crippen molar-refractivity contribution < 1.29 is 88.0 Å². The van der Waals surface area contributed by atoms with E-state index in [1.165, 1.54) is 48.5 Å². The molecule has 11 rings (SSSR count). The third kappa shape index (κ3) is 14.4. The Morgan fingerprint density at radius 1 is 0.442 bits per heavy atom. The van der Waals surface area contributed by atoms with Crippen LogP contribution in [-0.2, 0) is 60.7 Å². The van der Waals surface area contributed by atoms with Crippen molar-refractivity contribution in [3.8, 4) is 11.5 Å². The van der Waals surface area contributed by atoms with Crippen molar-refractivity contribution in [2.24, 2.45) is 20.5 Å². The zero-order chi connectivity index (χ0) is 68.5. The van der Waals surface area contributed by atoms with E-state index in [9.17, 15) is 88.0 Å². The molecule has 0 bridgehead atoms. The fourth-order valence-corrected chi connectivity index (χ4v) is 14.5. The maximum absolute atomic E-state index is 12.8. The molecule has 1 aliphatic rings. The van der Waals surface area contributed by atoms with Crippen molar-refractivity contribution in [3.63, 3.8) is 0 Å². The van der Waals surface area contributed by atoms with Gasteiger partial charge in [0.25, 0.3) is 60.7 Å². The Labute approximate surface area is 545 Å². The maximum Gasteiger partial charge on any atom is 0.297 e. The summed E-state index contributed by atoms with van der Waals surface area (Å²) in [4.78, 5) is 23.1. The summed E-state index contributed by atoms with van der Waals surface area (Å²) < 4.78 is 213. The highest BCUT2D eigenvalue weighted by Gasteiger charge is 2.31. The van der Waals surface area contributed by atoms with Crippen molar-refractivity contribution in [1.82, 2.24) is 34.8 Å². The molecule has 2 aromatic heterocycles. The standard InChI is InChI=1S/C52H41Cl2N15O20S6/c53-47-58-49(62-50(59-47)56-35-23-29(90(72,73)74)19-27-21-37(92(78,79)80)41(43(70)39(27)35)66-64-33-11-9-25-5-1-3-7-31(25)45(33)94(84,85)86)55-13-14-68-15-17-69(18-16-68)52-61-48(54)60-51(63-52)57-36-24-30(91(75,76)77)20-28-22-38(93(81,82)83)42(44(71)40(28)36)67-65-34-12-10-26-6-2-4-8-32(26)46(34)95(87,88)89/h1-12,19-24,70-71H,13-18H2,(H,72,73,74)(H,75,76,77)(H,78,79,80)(H,81,82,83)(H,84,85,86)(H,87,88,89)(H,57,60,61,63)(H2,55,56,58,59,62). The van der Waals surface area contributed by atoms with E-state index in [-0.39, 0.29) is 42.3 Å². The molecule has 0 amide bonds. The number of hydrogen-bond acceptors (Lipinski definition) is 29. The number of benzene rings is 8. The Balaban J connectivity index is 0.824. The van der Waals surface area contributed by atoms with Gasteiger partial charge < -0.3 is 31.1 Å². The molecule has 494 valence electrons. The largest absolute Gasteiger partial charge is 0.505 e. The SMILES string of the molecule is O=S(=O)(O)c1cc(Nc2nc(Cl)nc(NCCN3CCN(c4nc(Cl)nc(Nc5cc(S(=O)(=O)O)cc6cc(S(=O)(=O)O)c(N=Nc7ccc8ccccc8c7S(=O)(=O)O)c(O)c56)n4)CC3)n2)c2c(O)c(N=Nc3ccc4ccccc4c3S(=O)(=O)O)c(S(=O)(=O)O)cc2c1. The first kappa shape index (κ1) is 67.2. The fourth-order valence-electron chi connectivity index (χ4n) is 10.1. The summed E-state index contributed by atoms with van der Waals surface area (Å²) in [5.74, 6) is -3.23. The molecule has 0 radical (unpaired) electrons. The van der Waals surface area contributed by atoms with E-state index < -0.39 is 180 Å². The van der Waals surface area contributed by atoms with Crippen LogP contribution in [0.1, 0.15) is 0 Å². The normalized spacial score (nSPS) is 14.0. The first-order valence-corrected chi connectivity index (χ1v) is 35.9. The number of rotatable bonds is 19. The summed E-state index contributed by atoms with van der Waals surface area (Å²) in [7, 11) is -31.1. The summed E-state index contributed by atoms with van der Waals surface area (Å²) in [5.41, 5.74) is -3.97. The number of piperazine rings is 1. The van der Waals surface area contributed by atoms with Gasteiger partial charge in [-0.15, -0.1) is 20.5 Å². The average Bonchev–Trinajstić information content (AvgIpc) is 0.757. The van der Waals surface area contributed by atoms with Crippen LogP contribution in [0.25, 0.3) is 43.1 Å². The molecule has 11 N–H and O–H groups in total. The highest BCUT2D eigenvalue weighted by molar-refractivity contribution is 7.87. The van der Waals surface area contributed by atoms with Crippen LogP contribution in [0.2, 0.25) is 10.6 Å². The summed E-state index contributed by atoms with van der Waals surface area (Å²) >= 11 is 12.7. The second kappa shape index (κ2) is 25.2. The quantitative estimate of drug-likeness (QED) is 0.0267. The molecule has 0 unspecified atom stereocenters. The van der Waals surface area contributed by atoms with E-state index in [0.717, 1.165) is 36.4 Å². The average molecular weight is 1460 g/mol. The third-order valence-electron chi connectivity index (χ3n) is 14.2. The number of halogens is 2. The number of phenols is 2. The van der Waals surface area contributed by atoms with Crippen molar-refractivity contribution in [3.05, 3.63) is 120 Å². The lowest BCUT2D eigenvalue weighted by Gasteiger charge is -2.34. The second-order valence-corrected chi connectivity index (χ2v) is 29.3. The molecule has 0 atom stereocenters. The lowest BCUT2D eigenvalue weighted by atomic mass is 10.1. The van der Waals surface area contributed by atoms with Gasteiger partial charge in [-0.1, -0.05) is 60.7 Å². The number of phenolic OH excluding ortho intramolecular Hbond substituents is 2. The van der Waals surface area contributed by atoms with Gasteiger partial charge in [0.15, 0.2) is 11.5 Å². The van der Waals surface area contributed by atoms with Crippen LogP contribution in [0, 0.1) is 0 Å². The number of aromatic nitrogens is 6.